The second-order valence-corrected chi connectivity index (χ2v) is 13.0. The normalized spacial score (nSPS) is 29.9. The number of thioether (sulfide) groups is 1. The largest absolute Gasteiger partial charge is 0.466 e. The van der Waals surface area contributed by atoms with Crippen LogP contribution < -0.4 is 4.90 Å². The molecule has 1 spiro atoms. The van der Waals surface area contributed by atoms with E-state index in [1.807, 2.05) is 19.1 Å². The van der Waals surface area contributed by atoms with Gasteiger partial charge in [0.2, 0.25) is 5.91 Å². The van der Waals surface area contributed by atoms with Gasteiger partial charge in [-0.15, -0.1) is 18.3 Å². The molecule has 4 rings (SSSR count). The van der Waals surface area contributed by atoms with Crippen molar-refractivity contribution in [1.82, 2.24) is 4.90 Å². The summed E-state index contributed by atoms with van der Waals surface area (Å²) < 4.78 is 4.66. The van der Waals surface area contributed by atoms with Crippen LogP contribution in [0.1, 0.15) is 38.2 Å². The molecule has 6 atom stereocenters. The van der Waals surface area contributed by atoms with Crippen molar-refractivity contribution >= 4 is 62.8 Å². The third kappa shape index (κ3) is 4.85. The molecule has 3 fully saturated rings. The Morgan fingerprint density at radius 3 is 2.78 bits per heavy atom. The Bertz CT molecular complexity index is 1050. The lowest BCUT2D eigenvalue weighted by Gasteiger charge is -2.38. The summed E-state index contributed by atoms with van der Waals surface area (Å²) in [4.78, 5) is 45.0. The Morgan fingerprint density at radius 2 is 2.14 bits per heavy atom. The average molecular weight is 614 g/mol. The lowest BCUT2D eigenvalue weighted by Crippen LogP contribution is -2.55. The van der Waals surface area contributed by atoms with Gasteiger partial charge < -0.3 is 19.6 Å². The molecule has 1 N–H and O–H groups in total. The number of unbranched alkanes of at least 4 members (excludes halogenated alkanes) is 2. The van der Waals surface area contributed by atoms with Crippen LogP contribution in [-0.2, 0) is 19.1 Å². The maximum absolute atomic E-state index is 14.6. The molecule has 0 radical (unpaired) electrons. The Hall–Kier alpha value is -1.55. The number of alkyl halides is 1. The number of hydrogen-bond acceptors (Lipinski definition) is 6. The molecule has 0 aliphatic carbocycles. The number of aryl methyl sites for hydroxylation is 1. The topological polar surface area (TPSA) is 87.2 Å². The molecule has 2 bridgehead atoms. The quantitative estimate of drug-likeness (QED) is 0.173. The number of rotatable bonds is 11. The molecule has 10 heteroatoms. The van der Waals surface area contributed by atoms with Gasteiger partial charge in [-0.05, 0) is 51.2 Å². The van der Waals surface area contributed by atoms with E-state index in [0.29, 0.717) is 36.5 Å². The van der Waals surface area contributed by atoms with E-state index in [1.165, 1.54) is 0 Å². The molecule has 2 amide bonds. The molecule has 3 aliphatic heterocycles. The number of esters is 1. The zero-order valence-electron chi connectivity index (χ0n) is 21.2. The maximum atomic E-state index is 14.6. The first-order chi connectivity index (χ1) is 17.7. The Labute approximate surface area is 236 Å². The molecule has 0 aromatic heterocycles. The first-order valence-corrected chi connectivity index (χ1v) is 15.0. The molecule has 0 saturated carbocycles. The van der Waals surface area contributed by atoms with Gasteiger partial charge in [0.05, 0.1) is 33.9 Å². The van der Waals surface area contributed by atoms with Gasteiger partial charge in [-0.1, -0.05) is 45.7 Å². The molecule has 3 aliphatic rings. The van der Waals surface area contributed by atoms with Crippen LogP contribution in [0.5, 0.6) is 0 Å². The fraction of sp³-hybridized carbons (Fsp3) is 0.593. The van der Waals surface area contributed by atoms with Crippen molar-refractivity contribution in [2.45, 2.75) is 60.4 Å². The van der Waals surface area contributed by atoms with E-state index < -0.39 is 22.6 Å². The van der Waals surface area contributed by atoms with Gasteiger partial charge in [0.15, 0.2) is 0 Å². The number of likely N-dealkylation sites (tertiary alicyclic amines) is 1. The lowest BCUT2D eigenvalue weighted by atomic mass is 9.71. The molecule has 3 saturated heterocycles. The summed E-state index contributed by atoms with van der Waals surface area (Å²) in [6, 6.07) is 4.73. The molecular formula is C27H34BrClN2O5S. The fourth-order valence-electron chi connectivity index (χ4n) is 6.26. The number of carbonyl (C=O) groups excluding carboxylic acids is 3. The zero-order chi connectivity index (χ0) is 26.9. The zero-order valence-corrected chi connectivity index (χ0v) is 24.4. The van der Waals surface area contributed by atoms with Crippen LogP contribution in [0.4, 0.5) is 5.69 Å². The number of benzene rings is 1. The van der Waals surface area contributed by atoms with Crippen LogP contribution in [0.25, 0.3) is 0 Å². The highest BCUT2D eigenvalue weighted by atomic mass is 79.9. The van der Waals surface area contributed by atoms with Crippen molar-refractivity contribution in [2.75, 3.05) is 31.2 Å². The van der Waals surface area contributed by atoms with Crippen molar-refractivity contribution in [1.29, 1.82) is 0 Å². The van der Waals surface area contributed by atoms with E-state index in [4.69, 9.17) is 16.3 Å². The van der Waals surface area contributed by atoms with Crippen LogP contribution in [0.2, 0.25) is 5.02 Å². The minimum Gasteiger partial charge on any atom is -0.466 e. The van der Waals surface area contributed by atoms with Crippen LogP contribution in [0, 0.1) is 18.8 Å². The number of aliphatic hydroxyl groups excluding tert-OH is 1. The summed E-state index contributed by atoms with van der Waals surface area (Å²) in [5, 5.41) is 9.54. The number of fused-ring (bicyclic) bond motifs is 1. The van der Waals surface area contributed by atoms with Gasteiger partial charge in [-0.25, -0.2) is 0 Å². The molecule has 202 valence electrons. The highest BCUT2D eigenvalue weighted by molar-refractivity contribution is 9.09. The van der Waals surface area contributed by atoms with E-state index in [9.17, 15) is 19.5 Å². The summed E-state index contributed by atoms with van der Waals surface area (Å²) >= 11 is 12.0. The molecular weight excluding hydrogens is 580 g/mol. The summed E-state index contributed by atoms with van der Waals surface area (Å²) in [6.45, 7) is 8.46. The Balaban J connectivity index is 1.79. The molecule has 3 unspecified atom stereocenters. The van der Waals surface area contributed by atoms with Gasteiger partial charge in [0, 0.05) is 29.8 Å². The molecule has 37 heavy (non-hydrogen) atoms. The van der Waals surface area contributed by atoms with Crippen LogP contribution in [0.3, 0.4) is 0 Å². The van der Waals surface area contributed by atoms with E-state index in [1.54, 1.807) is 40.6 Å². The summed E-state index contributed by atoms with van der Waals surface area (Å²) in [5.74, 6) is -1.98. The highest BCUT2D eigenvalue weighted by Gasteiger charge is 2.76. The van der Waals surface area contributed by atoms with E-state index in [-0.39, 0.29) is 47.6 Å². The summed E-state index contributed by atoms with van der Waals surface area (Å²) in [5.41, 5.74) is 1.46. The maximum Gasteiger partial charge on any atom is 0.310 e. The highest BCUT2D eigenvalue weighted by Crippen LogP contribution is 2.68. The van der Waals surface area contributed by atoms with Crippen molar-refractivity contribution in [3.05, 3.63) is 41.4 Å². The van der Waals surface area contributed by atoms with Gasteiger partial charge in [0.25, 0.3) is 5.91 Å². The van der Waals surface area contributed by atoms with Gasteiger partial charge >= 0.3 is 5.97 Å². The fourth-order valence-corrected chi connectivity index (χ4v) is 10.2. The van der Waals surface area contributed by atoms with Crippen LogP contribution in [0.15, 0.2) is 30.9 Å². The second kappa shape index (κ2) is 11.7. The smallest absolute Gasteiger partial charge is 0.310 e. The molecule has 3 heterocycles. The van der Waals surface area contributed by atoms with E-state index in [2.05, 4.69) is 22.5 Å². The second-order valence-electron chi connectivity index (χ2n) is 9.87. The summed E-state index contributed by atoms with van der Waals surface area (Å²) in [6.07, 6.45) is 4.27. The lowest BCUT2D eigenvalue weighted by molar-refractivity contribution is -0.153. The van der Waals surface area contributed by atoms with E-state index >= 15 is 0 Å². The van der Waals surface area contributed by atoms with E-state index in [0.717, 1.165) is 12.0 Å². The number of halogens is 2. The molecule has 1 aromatic rings. The van der Waals surface area contributed by atoms with Crippen molar-refractivity contribution in [3.63, 3.8) is 0 Å². The number of amides is 2. The number of carbonyl (C=O) groups is 3. The minimum absolute atomic E-state index is 0.0181. The molecule has 7 nitrogen and oxygen atoms in total. The third-order valence-corrected chi connectivity index (χ3v) is 11.2. The standard InChI is InChI=1S/C27H34BrClN2O5S/c1-4-12-30(21-16(3)10-9-11-18(21)29)25(34)23-27-15-17(28)22(37-27)19(26(35)36-5-2)20(27)24(33)31(23)13-7-6-8-14-32/h4,9-11,17,19-20,22-23,32H,1,5-8,12-15H2,2-3H3/t17?,19-,20-,22-,23?,27?/m0/s1. The van der Waals surface area contributed by atoms with Crippen molar-refractivity contribution < 1.29 is 24.2 Å². The number of ether oxygens (including phenoxy) is 1. The SMILES string of the molecule is C=CCN(C(=O)C1N(CCCCCO)C(=O)[C@@H]2[C@H](C(=O)OCC)[C@H]3SC12CC3Br)c1c(C)cccc1Cl. The van der Waals surface area contributed by atoms with Crippen molar-refractivity contribution in [2.24, 2.45) is 11.8 Å². The third-order valence-electron chi connectivity index (χ3n) is 7.68. The number of hydrogen-bond donors (Lipinski definition) is 1. The Morgan fingerprint density at radius 1 is 1.38 bits per heavy atom. The predicted octanol–water partition coefficient (Wildman–Crippen LogP) is 4.36. The number of aliphatic hydroxyl groups is 1. The number of nitrogens with zero attached hydrogens (tertiary/aromatic N) is 2. The minimum atomic E-state index is -0.760. The van der Waals surface area contributed by atoms with Gasteiger partial charge in [-0.3, -0.25) is 14.4 Å². The van der Waals surface area contributed by atoms with Crippen LogP contribution >= 0.6 is 39.3 Å². The molecule has 1 aromatic carbocycles. The first-order valence-electron chi connectivity index (χ1n) is 12.8. The van der Waals surface area contributed by atoms with Crippen LogP contribution in [-0.4, -0.2) is 75.0 Å². The average Bonchev–Trinajstić information content (AvgIpc) is 3.44. The Kier molecular flexibility index (Phi) is 8.98. The van der Waals surface area contributed by atoms with Crippen molar-refractivity contribution in [3.8, 4) is 0 Å². The number of anilines is 1. The number of para-hydroxylation sites is 1. The van der Waals surface area contributed by atoms with Gasteiger partial charge in [0.1, 0.15) is 6.04 Å². The van der Waals surface area contributed by atoms with Gasteiger partial charge in [-0.2, -0.15) is 0 Å². The monoisotopic (exact) mass is 612 g/mol. The summed E-state index contributed by atoms with van der Waals surface area (Å²) in [7, 11) is 0. The predicted molar refractivity (Wildman–Crippen MR) is 150 cm³/mol. The first kappa shape index (κ1) is 28.5.